The quantitative estimate of drug-likeness (QED) is 0.761. The number of rotatable bonds is 3. The third kappa shape index (κ3) is 2.64. The number of hydrogen-bond donors (Lipinski definition) is 3. The minimum atomic E-state index is -1.22. The minimum Gasteiger partial charge on any atom is -0.480 e. The molecule has 0 saturated carbocycles. The van der Waals surface area contributed by atoms with Crippen molar-refractivity contribution in [1.29, 1.82) is 0 Å². The van der Waals surface area contributed by atoms with Crippen LogP contribution >= 0.6 is 0 Å². The molecule has 3 N–H and O–H groups in total. The molecule has 1 saturated heterocycles. The van der Waals surface area contributed by atoms with Crippen molar-refractivity contribution in [3.05, 3.63) is 34.9 Å². The molecular weight excluding hydrogens is 272 g/mol. The van der Waals surface area contributed by atoms with Gasteiger partial charge >= 0.3 is 5.97 Å². The van der Waals surface area contributed by atoms with Gasteiger partial charge in [0.2, 0.25) is 0 Å². The Labute approximate surface area is 122 Å². The molecule has 1 aromatic rings. The molecule has 0 bridgehead atoms. The van der Waals surface area contributed by atoms with Gasteiger partial charge in [-0.2, -0.15) is 0 Å². The highest BCUT2D eigenvalue weighted by Gasteiger charge is 2.41. The van der Waals surface area contributed by atoms with Crippen LogP contribution in [0.1, 0.15) is 34.3 Å². The summed E-state index contributed by atoms with van der Waals surface area (Å²) in [5.41, 5.74) is 1.57. The number of amides is 1. The molecule has 0 spiro atoms. The molecule has 6 nitrogen and oxygen atoms in total. The lowest BCUT2D eigenvalue weighted by atomic mass is 9.89. The number of hydrogen-bond acceptors (Lipinski definition) is 4. The largest absolute Gasteiger partial charge is 0.480 e. The van der Waals surface area contributed by atoms with Crippen molar-refractivity contribution in [1.82, 2.24) is 10.6 Å². The van der Waals surface area contributed by atoms with Crippen molar-refractivity contribution in [3.8, 4) is 0 Å². The Kier molecular flexibility index (Phi) is 3.65. The van der Waals surface area contributed by atoms with Crippen LogP contribution in [0.15, 0.2) is 18.2 Å². The fourth-order valence-electron chi connectivity index (χ4n) is 2.84. The van der Waals surface area contributed by atoms with Gasteiger partial charge in [0.05, 0.1) is 0 Å². The summed E-state index contributed by atoms with van der Waals surface area (Å²) in [5, 5.41) is 15.4. The van der Waals surface area contributed by atoms with Gasteiger partial charge in [-0.1, -0.05) is 6.07 Å². The molecule has 0 atom stereocenters. The molecule has 21 heavy (non-hydrogen) atoms. The summed E-state index contributed by atoms with van der Waals surface area (Å²) in [7, 11) is 0. The van der Waals surface area contributed by atoms with Crippen molar-refractivity contribution in [2.45, 2.75) is 31.5 Å². The Morgan fingerprint density at radius 1 is 1.19 bits per heavy atom. The molecule has 1 fully saturated rings. The fraction of sp³-hybridized carbons (Fsp3) is 0.467. The Hall–Kier alpha value is -1.92. The van der Waals surface area contributed by atoms with Gasteiger partial charge in [-0.3, -0.25) is 4.79 Å². The van der Waals surface area contributed by atoms with Gasteiger partial charge in [0.15, 0.2) is 0 Å². The van der Waals surface area contributed by atoms with Gasteiger partial charge in [-0.05, 0) is 23.3 Å². The SMILES string of the molecule is O=C(NC1(C(=O)O)CCOCC1)c1ccc2c(c1)CNC2. The summed E-state index contributed by atoms with van der Waals surface area (Å²) in [5.74, 6) is -1.34. The molecule has 0 aliphatic carbocycles. The maximum Gasteiger partial charge on any atom is 0.329 e. The molecule has 0 aromatic heterocycles. The predicted octanol–water partition coefficient (Wildman–Crippen LogP) is 0.653. The molecule has 6 heteroatoms. The topological polar surface area (TPSA) is 87.7 Å². The Morgan fingerprint density at radius 3 is 2.62 bits per heavy atom. The monoisotopic (exact) mass is 290 g/mol. The van der Waals surface area contributed by atoms with Crippen molar-refractivity contribution in [3.63, 3.8) is 0 Å². The van der Waals surface area contributed by atoms with E-state index in [-0.39, 0.29) is 5.91 Å². The highest BCUT2D eigenvalue weighted by atomic mass is 16.5. The Balaban J connectivity index is 1.80. The van der Waals surface area contributed by atoms with Crippen LogP contribution in [-0.2, 0) is 22.6 Å². The smallest absolute Gasteiger partial charge is 0.329 e. The Morgan fingerprint density at radius 2 is 1.90 bits per heavy atom. The first-order valence-corrected chi connectivity index (χ1v) is 7.07. The zero-order valence-corrected chi connectivity index (χ0v) is 11.6. The lowest BCUT2D eigenvalue weighted by molar-refractivity contribution is -0.148. The van der Waals surface area contributed by atoms with E-state index in [9.17, 15) is 14.7 Å². The van der Waals surface area contributed by atoms with Gasteiger partial charge in [0, 0.05) is 44.7 Å². The lowest BCUT2D eigenvalue weighted by Gasteiger charge is -2.33. The third-order valence-corrected chi connectivity index (χ3v) is 4.21. The molecule has 2 aliphatic rings. The van der Waals surface area contributed by atoms with Crippen molar-refractivity contribution in [2.75, 3.05) is 13.2 Å². The normalized spacial score (nSPS) is 19.8. The summed E-state index contributed by atoms with van der Waals surface area (Å²) in [6.45, 7) is 2.25. The number of nitrogens with one attached hydrogen (secondary N) is 2. The maximum atomic E-state index is 12.4. The third-order valence-electron chi connectivity index (χ3n) is 4.21. The van der Waals surface area contributed by atoms with Crippen LogP contribution in [0.5, 0.6) is 0 Å². The van der Waals surface area contributed by atoms with E-state index in [1.54, 1.807) is 6.07 Å². The molecule has 0 unspecified atom stereocenters. The first-order chi connectivity index (χ1) is 10.1. The van der Waals surface area contributed by atoms with E-state index in [0.29, 0.717) is 31.6 Å². The molecule has 1 aromatic carbocycles. The van der Waals surface area contributed by atoms with Crippen LogP contribution < -0.4 is 10.6 Å². The van der Waals surface area contributed by atoms with Crippen molar-refractivity contribution < 1.29 is 19.4 Å². The zero-order valence-electron chi connectivity index (χ0n) is 11.6. The Bertz CT molecular complexity index is 579. The van der Waals surface area contributed by atoms with Gasteiger partial charge in [0.25, 0.3) is 5.91 Å². The minimum absolute atomic E-state index is 0.292. The fourth-order valence-corrected chi connectivity index (χ4v) is 2.84. The number of fused-ring (bicyclic) bond motifs is 1. The predicted molar refractivity (Wildman–Crippen MR) is 74.9 cm³/mol. The van der Waals surface area contributed by atoms with Gasteiger partial charge < -0.3 is 20.5 Å². The van der Waals surface area contributed by atoms with Gasteiger partial charge in [-0.15, -0.1) is 0 Å². The first kappa shape index (κ1) is 14.0. The second-order valence-electron chi connectivity index (χ2n) is 5.54. The summed E-state index contributed by atoms with van der Waals surface area (Å²) < 4.78 is 5.20. The van der Waals surface area contributed by atoms with Crippen LogP contribution in [0.2, 0.25) is 0 Å². The van der Waals surface area contributed by atoms with Gasteiger partial charge in [-0.25, -0.2) is 4.79 Å². The molecule has 3 rings (SSSR count). The zero-order chi connectivity index (χ0) is 14.9. The first-order valence-electron chi connectivity index (χ1n) is 7.07. The number of carbonyl (C=O) groups excluding carboxylic acids is 1. The molecule has 0 radical (unpaired) electrons. The van der Waals surface area contributed by atoms with E-state index in [1.165, 1.54) is 5.56 Å². The average molecular weight is 290 g/mol. The van der Waals surface area contributed by atoms with Crippen LogP contribution in [0.3, 0.4) is 0 Å². The molecular formula is C15H18N2O4. The van der Waals surface area contributed by atoms with E-state index < -0.39 is 11.5 Å². The molecule has 1 amide bonds. The molecule has 112 valence electrons. The number of carboxylic acids is 1. The van der Waals surface area contributed by atoms with Crippen LogP contribution in [0, 0.1) is 0 Å². The maximum absolute atomic E-state index is 12.4. The molecule has 2 heterocycles. The van der Waals surface area contributed by atoms with E-state index in [4.69, 9.17) is 4.74 Å². The van der Waals surface area contributed by atoms with E-state index in [1.807, 2.05) is 12.1 Å². The highest BCUT2D eigenvalue weighted by Crippen LogP contribution is 2.23. The van der Waals surface area contributed by atoms with E-state index in [2.05, 4.69) is 10.6 Å². The number of carbonyl (C=O) groups is 2. The second-order valence-corrected chi connectivity index (χ2v) is 5.54. The van der Waals surface area contributed by atoms with Crippen molar-refractivity contribution in [2.24, 2.45) is 0 Å². The number of aliphatic carboxylic acids is 1. The average Bonchev–Trinajstić information content (AvgIpc) is 2.95. The van der Waals surface area contributed by atoms with E-state index >= 15 is 0 Å². The summed E-state index contributed by atoms with van der Waals surface area (Å²) in [4.78, 5) is 23.9. The second kappa shape index (κ2) is 5.46. The van der Waals surface area contributed by atoms with Crippen LogP contribution in [0.4, 0.5) is 0 Å². The van der Waals surface area contributed by atoms with Crippen molar-refractivity contribution >= 4 is 11.9 Å². The number of ether oxygens (including phenoxy) is 1. The highest BCUT2D eigenvalue weighted by molar-refractivity contribution is 5.98. The standard InChI is InChI=1S/C15H18N2O4/c18-13(10-1-2-11-8-16-9-12(11)7-10)17-15(14(19)20)3-5-21-6-4-15/h1-2,7,16H,3-6,8-9H2,(H,17,18)(H,19,20). The van der Waals surface area contributed by atoms with Gasteiger partial charge in [0.1, 0.15) is 5.54 Å². The number of carboxylic acid groups (broad SMARTS) is 1. The van der Waals surface area contributed by atoms with Crippen LogP contribution in [0.25, 0.3) is 0 Å². The lowest BCUT2D eigenvalue weighted by Crippen LogP contribution is -2.57. The summed E-state index contributed by atoms with van der Waals surface area (Å²) >= 11 is 0. The van der Waals surface area contributed by atoms with E-state index in [0.717, 1.165) is 18.7 Å². The molecule has 2 aliphatic heterocycles. The number of benzene rings is 1. The van der Waals surface area contributed by atoms with Crippen LogP contribution in [-0.4, -0.2) is 35.7 Å². The summed E-state index contributed by atoms with van der Waals surface area (Å²) in [6.07, 6.45) is 0.584. The summed E-state index contributed by atoms with van der Waals surface area (Å²) in [6, 6.07) is 5.50.